The average Bonchev–Trinajstić information content (AvgIpc) is 2.92. The van der Waals surface area contributed by atoms with Gasteiger partial charge in [-0.25, -0.2) is 5.84 Å². The van der Waals surface area contributed by atoms with Gasteiger partial charge < -0.3 is 25.5 Å². The molecular formula is C32H49ClN6OS. The van der Waals surface area contributed by atoms with Crippen molar-refractivity contribution >= 4 is 52.5 Å². The van der Waals surface area contributed by atoms with Crippen LogP contribution in [0.15, 0.2) is 66.0 Å². The first-order valence-electron chi connectivity index (χ1n) is 13.7. The first-order chi connectivity index (χ1) is 19.4. The second-order valence-electron chi connectivity index (χ2n) is 10.5. The van der Waals surface area contributed by atoms with Crippen LogP contribution >= 0.6 is 23.5 Å². The predicted molar refractivity (Wildman–Crippen MR) is 185 cm³/mol. The number of methoxy groups -OCH3 is 1. The van der Waals surface area contributed by atoms with Gasteiger partial charge in [0.05, 0.1) is 29.2 Å². The summed E-state index contributed by atoms with van der Waals surface area (Å²) in [5.74, 6) is 7.25. The molecule has 9 heteroatoms. The Hall–Kier alpha value is -3.07. The average molecular weight is 601 g/mol. The molecule has 0 radical (unpaired) electrons. The standard InChI is InChI=1S/C29H42ClN5OS.C3H7N/c1-9-11-19(3)23(31)18-35(32)27-15-20(13-14-22(27)30)24(12-10-2)33-25-16-21(29(4,5)6)17-26(34-37-8)28(25)36-7;1-3-4-2/h9,12-19,33-34H,1,10-11,31-32H2,2-8H3;3H,1-2H3/b23-18-,24-12-;. The Morgan fingerprint density at radius 3 is 2.39 bits per heavy atom. The lowest BCUT2D eigenvalue weighted by Gasteiger charge is -2.25. The highest BCUT2D eigenvalue weighted by molar-refractivity contribution is 7.99. The van der Waals surface area contributed by atoms with Gasteiger partial charge in [-0.3, -0.25) is 5.01 Å². The zero-order chi connectivity index (χ0) is 31.2. The molecule has 1 atom stereocenters. The normalized spacial score (nSPS) is 12.9. The number of halogens is 1. The smallest absolute Gasteiger partial charge is 0.166 e. The van der Waals surface area contributed by atoms with Crippen LogP contribution in [-0.4, -0.2) is 26.6 Å². The summed E-state index contributed by atoms with van der Waals surface area (Å²) in [6.45, 7) is 16.4. The second-order valence-corrected chi connectivity index (χ2v) is 11.5. The highest BCUT2D eigenvalue weighted by Gasteiger charge is 2.21. The topological polar surface area (TPSA) is 101 Å². The van der Waals surface area contributed by atoms with E-state index in [1.165, 1.54) is 22.5 Å². The molecule has 0 saturated heterocycles. The Balaban J connectivity index is 0.00000196. The Morgan fingerprint density at radius 1 is 1.24 bits per heavy atom. The number of nitrogens with two attached hydrogens (primary N) is 2. The number of hydrogen-bond donors (Lipinski definition) is 4. The molecule has 2 aromatic rings. The number of hydrazine groups is 1. The molecule has 0 spiro atoms. The molecule has 0 aromatic heterocycles. The van der Waals surface area contributed by atoms with Gasteiger partial charge in [-0.2, -0.15) is 0 Å². The molecule has 0 aliphatic carbocycles. The van der Waals surface area contributed by atoms with E-state index >= 15 is 0 Å². The minimum absolute atomic E-state index is 0.0470. The van der Waals surface area contributed by atoms with Gasteiger partial charge in [0.1, 0.15) is 0 Å². The van der Waals surface area contributed by atoms with Crippen LogP contribution in [0.25, 0.3) is 5.70 Å². The molecule has 41 heavy (non-hydrogen) atoms. The van der Waals surface area contributed by atoms with E-state index in [1.54, 1.807) is 26.6 Å². The summed E-state index contributed by atoms with van der Waals surface area (Å²) in [4.78, 5) is 3.61. The van der Waals surface area contributed by atoms with E-state index in [-0.39, 0.29) is 11.3 Å². The maximum atomic E-state index is 6.55. The Labute approximate surface area is 257 Å². The number of ether oxygens (including phenoxy) is 1. The van der Waals surface area contributed by atoms with Crippen molar-refractivity contribution in [3.8, 4) is 5.75 Å². The molecule has 2 rings (SSSR count). The summed E-state index contributed by atoms with van der Waals surface area (Å²) >= 11 is 8.08. The van der Waals surface area contributed by atoms with Gasteiger partial charge in [0.2, 0.25) is 0 Å². The molecule has 0 saturated carbocycles. The van der Waals surface area contributed by atoms with E-state index < -0.39 is 0 Å². The zero-order valence-electron chi connectivity index (χ0n) is 26.1. The Bertz CT molecular complexity index is 1220. The van der Waals surface area contributed by atoms with E-state index in [1.807, 2.05) is 44.4 Å². The van der Waals surface area contributed by atoms with Crippen molar-refractivity contribution in [2.45, 2.75) is 59.8 Å². The van der Waals surface area contributed by atoms with Gasteiger partial charge in [0.15, 0.2) is 5.75 Å². The summed E-state index contributed by atoms with van der Waals surface area (Å²) in [7, 11) is 3.43. The van der Waals surface area contributed by atoms with Crippen LogP contribution in [0.5, 0.6) is 5.75 Å². The minimum Gasteiger partial charge on any atom is -0.492 e. The lowest BCUT2D eigenvalue weighted by atomic mass is 9.86. The van der Waals surface area contributed by atoms with Crippen molar-refractivity contribution in [3.63, 3.8) is 0 Å². The fourth-order valence-corrected chi connectivity index (χ4v) is 4.36. The largest absolute Gasteiger partial charge is 0.492 e. The first-order valence-corrected chi connectivity index (χ1v) is 15.3. The molecule has 7 nitrogen and oxygen atoms in total. The van der Waals surface area contributed by atoms with Crippen molar-refractivity contribution in [2.75, 3.05) is 35.5 Å². The van der Waals surface area contributed by atoms with Gasteiger partial charge in [-0.05, 0) is 66.8 Å². The summed E-state index contributed by atoms with van der Waals surface area (Å²) in [6.07, 6.45) is 11.0. The molecule has 0 aliphatic rings. The SMILES string of the molecule is C=CCC(C)/C(N)=C/N(N)c1cc(/C(=C/CC)Nc2cc(C(C)(C)C)cc(NSC)c2OC)ccc1Cl.CC=NC. The summed E-state index contributed by atoms with van der Waals surface area (Å²) in [6, 6.07) is 10.1. The van der Waals surface area contributed by atoms with E-state index in [9.17, 15) is 0 Å². The Morgan fingerprint density at radius 2 is 1.88 bits per heavy atom. The molecule has 0 bridgehead atoms. The van der Waals surface area contributed by atoms with Crippen molar-refractivity contribution in [1.29, 1.82) is 0 Å². The quantitative estimate of drug-likeness (QED) is 0.0636. The second kappa shape index (κ2) is 17.7. The lowest BCUT2D eigenvalue weighted by molar-refractivity contribution is 0.418. The van der Waals surface area contributed by atoms with Crippen LogP contribution in [0.3, 0.4) is 0 Å². The highest BCUT2D eigenvalue weighted by atomic mass is 35.5. The molecular weight excluding hydrogens is 552 g/mol. The third-order valence-corrected chi connectivity index (χ3v) is 6.96. The van der Waals surface area contributed by atoms with E-state index in [2.05, 4.69) is 67.5 Å². The minimum atomic E-state index is -0.0470. The highest BCUT2D eigenvalue weighted by Crippen LogP contribution is 2.41. The first kappa shape index (κ1) is 36.0. The van der Waals surface area contributed by atoms with Crippen molar-refractivity contribution in [3.05, 3.63) is 77.1 Å². The van der Waals surface area contributed by atoms with E-state index in [0.717, 1.165) is 41.2 Å². The van der Waals surface area contributed by atoms with Gasteiger partial charge >= 0.3 is 0 Å². The number of allylic oxidation sites excluding steroid dienone is 3. The van der Waals surface area contributed by atoms with Crippen LogP contribution in [0.1, 0.15) is 65.5 Å². The van der Waals surface area contributed by atoms with Gasteiger partial charge in [0.25, 0.3) is 0 Å². The van der Waals surface area contributed by atoms with Crippen LogP contribution < -0.4 is 31.4 Å². The number of nitrogens with zero attached hydrogens (tertiary/aromatic N) is 2. The van der Waals surface area contributed by atoms with Crippen LogP contribution in [0, 0.1) is 5.92 Å². The number of benzene rings is 2. The third-order valence-electron chi connectivity index (χ3n) is 6.22. The molecule has 0 amide bonds. The predicted octanol–water partition coefficient (Wildman–Crippen LogP) is 8.60. The summed E-state index contributed by atoms with van der Waals surface area (Å²) in [5, 5.41) is 5.63. The number of aliphatic imine (C=N–C) groups is 1. The number of nitrogens with one attached hydrogen (secondary N) is 2. The third kappa shape index (κ3) is 11.0. The molecule has 0 heterocycles. The fourth-order valence-electron chi connectivity index (χ4n) is 3.77. The van der Waals surface area contributed by atoms with Crippen LogP contribution in [-0.2, 0) is 5.41 Å². The number of rotatable bonds is 12. The van der Waals surface area contributed by atoms with Crippen molar-refractivity contribution in [2.24, 2.45) is 22.5 Å². The van der Waals surface area contributed by atoms with Crippen LogP contribution in [0.2, 0.25) is 5.02 Å². The van der Waals surface area contributed by atoms with Crippen molar-refractivity contribution < 1.29 is 4.74 Å². The van der Waals surface area contributed by atoms with Crippen LogP contribution in [0.4, 0.5) is 17.1 Å². The van der Waals surface area contributed by atoms with Crippen molar-refractivity contribution in [1.82, 2.24) is 0 Å². The molecule has 0 aliphatic heterocycles. The monoisotopic (exact) mass is 600 g/mol. The summed E-state index contributed by atoms with van der Waals surface area (Å²) in [5.41, 5.74) is 12.3. The fraction of sp³-hybridized carbons (Fsp3) is 0.406. The van der Waals surface area contributed by atoms with Gasteiger partial charge in [-0.15, -0.1) is 6.58 Å². The number of hydrogen-bond acceptors (Lipinski definition) is 8. The zero-order valence-corrected chi connectivity index (χ0v) is 27.7. The van der Waals surface area contributed by atoms with E-state index in [0.29, 0.717) is 16.4 Å². The summed E-state index contributed by atoms with van der Waals surface area (Å²) < 4.78 is 9.19. The maximum absolute atomic E-state index is 6.55. The number of anilines is 3. The molecule has 1 unspecified atom stereocenters. The maximum Gasteiger partial charge on any atom is 0.166 e. The Kier molecular flexibility index (Phi) is 15.5. The van der Waals surface area contributed by atoms with Gasteiger partial charge in [-0.1, -0.05) is 76.4 Å². The van der Waals surface area contributed by atoms with E-state index in [4.69, 9.17) is 27.9 Å². The van der Waals surface area contributed by atoms with Gasteiger partial charge in [0, 0.05) is 36.8 Å². The molecule has 0 fully saturated rings. The lowest BCUT2D eigenvalue weighted by Crippen LogP contribution is -2.27. The molecule has 2 aromatic carbocycles. The molecule has 226 valence electrons. The molecule has 6 N–H and O–H groups in total.